The third-order valence-electron chi connectivity index (χ3n) is 4.31. The van der Waals surface area contributed by atoms with E-state index in [1.807, 2.05) is 18.0 Å². The molecule has 3 heterocycles. The van der Waals surface area contributed by atoms with Gasteiger partial charge in [0, 0.05) is 43.3 Å². The zero-order valence-electron chi connectivity index (χ0n) is 15.3. The van der Waals surface area contributed by atoms with E-state index >= 15 is 0 Å². The number of hydrogen-bond acceptors (Lipinski definition) is 6. The summed E-state index contributed by atoms with van der Waals surface area (Å²) in [6.45, 7) is 0.794. The van der Waals surface area contributed by atoms with Gasteiger partial charge in [-0.25, -0.2) is 0 Å². The minimum absolute atomic E-state index is 0.111. The number of fused-ring (bicyclic) bond motifs is 1. The summed E-state index contributed by atoms with van der Waals surface area (Å²) in [7, 11) is 3.60. The second kappa shape index (κ2) is 7.73. The van der Waals surface area contributed by atoms with E-state index in [-0.39, 0.29) is 11.8 Å². The van der Waals surface area contributed by atoms with Crippen molar-refractivity contribution in [3.8, 4) is 0 Å². The number of aliphatic hydroxyl groups excluding tert-OH is 1. The molecule has 0 fully saturated rings. The molecule has 8 heteroatoms. The molecule has 0 radical (unpaired) electrons. The number of pyridine rings is 2. The lowest BCUT2D eigenvalue weighted by Gasteiger charge is -2.19. The molecule has 1 unspecified atom stereocenters. The summed E-state index contributed by atoms with van der Waals surface area (Å²) in [6, 6.07) is 5.27. The Labute approximate surface area is 155 Å². The van der Waals surface area contributed by atoms with Crippen LogP contribution in [0.3, 0.4) is 0 Å². The van der Waals surface area contributed by atoms with Gasteiger partial charge < -0.3 is 19.8 Å². The molecule has 0 bridgehead atoms. The lowest BCUT2D eigenvalue weighted by atomic mass is 10.1. The van der Waals surface area contributed by atoms with Crippen LogP contribution in [0.5, 0.6) is 0 Å². The number of aliphatic hydroxyl groups is 1. The number of nitrogens with zero attached hydrogens (tertiary/aromatic N) is 3. The number of aromatic nitrogens is 2. The fourth-order valence-electron chi connectivity index (χ4n) is 3.08. The van der Waals surface area contributed by atoms with Gasteiger partial charge in [0.15, 0.2) is 5.43 Å². The number of aryl methyl sites for hydroxylation is 1. The zero-order chi connectivity index (χ0) is 19.6. The molecule has 0 saturated heterocycles. The Morgan fingerprint density at radius 3 is 2.93 bits per heavy atom. The summed E-state index contributed by atoms with van der Waals surface area (Å²) in [5.41, 5.74) is 6.46. The summed E-state index contributed by atoms with van der Waals surface area (Å²) in [5, 5.41) is 10.7. The van der Waals surface area contributed by atoms with Gasteiger partial charge in [-0.2, -0.15) is 0 Å². The molecular formula is C19H22N4O4. The molecule has 142 valence electrons. The van der Waals surface area contributed by atoms with Crippen LogP contribution in [-0.4, -0.2) is 39.1 Å². The summed E-state index contributed by atoms with van der Waals surface area (Å²) >= 11 is 0. The van der Waals surface area contributed by atoms with Crippen molar-refractivity contribution in [1.29, 1.82) is 0 Å². The average molecular weight is 370 g/mol. The van der Waals surface area contributed by atoms with E-state index < -0.39 is 12.0 Å². The van der Waals surface area contributed by atoms with Crippen LogP contribution in [0.1, 0.15) is 23.0 Å². The SMILES string of the molecule is CN(Cc1cc2c(=O)c(CC(N)=O)cn(C)c2o1)CC(O)c1cccnc1. The summed E-state index contributed by atoms with van der Waals surface area (Å²) in [6.07, 6.45) is 4.06. The summed E-state index contributed by atoms with van der Waals surface area (Å²) < 4.78 is 7.48. The van der Waals surface area contributed by atoms with Crippen molar-refractivity contribution in [3.63, 3.8) is 0 Å². The Balaban J connectivity index is 1.79. The zero-order valence-corrected chi connectivity index (χ0v) is 15.3. The average Bonchev–Trinajstić information content (AvgIpc) is 3.04. The molecule has 27 heavy (non-hydrogen) atoms. The van der Waals surface area contributed by atoms with Crippen LogP contribution >= 0.6 is 0 Å². The monoisotopic (exact) mass is 370 g/mol. The molecule has 0 spiro atoms. The van der Waals surface area contributed by atoms with E-state index in [1.54, 1.807) is 42.3 Å². The molecule has 3 aromatic rings. The summed E-state index contributed by atoms with van der Waals surface area (Å²) in [4.78, 5) is 29.6. The van der Waals surface area contributed by atoms with E-state index in [0.29, 0.717) is 35.5 Å². The lowest BCUT2D eigenvalue weighted by Crippen LogP contribution is -2.24. The maximum Gasteiger partial charge on any atom is 0.222 e. The van der Waals surface area contributed by atoms with Gasteiger partial charge in [-0.1, -0.05) is 6.07 Å². The van der Waals surface area contributed by atoms with Crippen molar-refractivity contribution in [3.05, 3.63) is 63.9 Å². The smallest absolute Gasteiger partial charge is 0.222 e. The number of nitrogens with two attached hydrogens (primary N) is 1. The number of amides is 1. The highest BCUT2D eigenvalue weighted by atomic mass is 16.3. The Hall–Kier alpha value is -2.97. The van der Waals surface area contributed by atoms with Gasteiger partial charge in [-0.05, 0) is 19.2 Å². The number of hydrogen-bond donors (Lipinski definition) is 2. The number of rotatable bonds is 7. The minimum Gasteiger partial charge on any atom is -0.443 e. The third kappa shape index (κ3) is 4.24. The van der Waals surface area contributed by atoms with E-state index in [4.69, 9.17) is 10.2 Å². The van der Waals surface area contributed by atoms with E-state index in [9.17, 15) is 14.7 Å². The van der Waals surface area contributed by atoms with Gasteiger partial charge in [-0.3, -0.25) is 19.5 Å². The first-order valence-corrected chi connectivity index (χ1v) is 8.51. The molecule has 3 rings (SSSR count). The molecule has 1 atom stereocenters. The van der Waals surface area contributed by atoms with Gasteiger partial charge in [0.05, 0.1) is 24.5 Å². The molecule has 8 nitrogen and oxygen atoms in total. The van der Waals surface area contributed by atoms with Crippen molar-refractivity contribution >= 4 is 17.0 Å². The second-order valence-electron chi connectivity index (χ2n) is 6.67. The first-order chi connectivity index (χ1) is 12.8. The normalized spacial score (nSPS) is 12.6. The van der Waals surface area contributed by atoms with Crippen molar-refractivity contribution < 1.29 is 14.3 Å². The van der Waals surface area contributed by atoms with Crippen LogP contribution in [0, 0.1) is 0 Å². The van der Waals surface area contributed by atoms with Crippen LogP contribution in [0.2, 0.25) is 0 Å². The minimum atomic E-state index is -0.679. The molecular weight excluding hydrogens is 348 g/mol. The second-order valence-corrected chi connectivity index (χ2v) is 6.67. The number of carbonyl (C=O) groups is 1. The van der Waals surface area contributed by atoms with Crippen molar-refractivity contribution in [2.75, 3.05) is 13.6 Å². The topological polar surface area (TPSA) is 115 Å². The highest BCUT2D eigenvalue weighted by molar-refractivity contribution is 5.80. The molecule has 3 N–H and O–H groups in total. The molecule has 0 aromatic carbocycles. The van der Waals surface area contributed by atoms with Gasteiger partial charge >= 0.3 is 0 Å². The van der Waals surface area contributed by atoms with E-state index in [1.165, 1.54) is 0 Å². The number of primary amides is 1. The lowest BCUT2D eigenvalue weighted by molar-refractivity contribution is -0.117. The molecule has 0 aliphatic heterocycles. The summed E-state index contributed by atoms with van der Waals surface area (Å²) in [5.74, 6) is 0.0362. The Bertz CT molecular complexity index is 1010. The van der Waals surface area contributed by atoms with Crippen LogP contribution in [0.4, 0.5) is 0 Å². The molecule has 0 aliphatic carbocycles. The van der Waals surface area contributed by atoms with Gasteiger partial charge in [-0.15, -0.1) is 0 Å². The van der Waals surface area contributed by atoms with Crippen molar-refractivity contribution in [1.82, 2.24) is 14.5 Å². The molecule has 0 aliphatic rings. The van der Waals surface area contributed by atoms with Crippen molar-refractivity contribution in [2.24, 2.45) is 12.8 Å². The van der Waals surface area contributed by atoms with Gasteiger partial charge in [0.25, 0.3) is 0 Å². The highest BCUT2D eigenvalue weighted by Crippen LogP contribution is 2.19. The molecule has 1 amide bonds. The van der Waals surface area contributed by atoms with Crippen LogP contribution < -0.4 is 11.2 Å². The maximum atomic E-state index is 12.5. The Morgan fingerprint density at radius 2 is 2.26 bits per heavy atom. The highest BCUT2D eigenvalue weighted by Gasteiger charge is 2.17. The van der Waals surface area contributed by atoms with E-state index in [0.717, 1.165) is 5.56 Å². The largest absolute Gasteiger partial charge is 0.443 e. The number of furan rings is 1. The quantitative estimate of drug-likeness (QED) is 0.633. The number of likely N-dealkylation sites (N-methyl/N-ethyl adjacent to an activating group) is 1. The first-order valence-electron chi connectivity index (χ1n) is 8.51. The van der Waals surface area contributed by atoms with Gasteiger partial charge in [0.1, 0.15) is 5.76 Å². The Morgan fingerprint density at radius 1 is 1.48 bits per heavy atom. The van der Waals surface area contributed by atoms with Crippen LogP contribution in [-0.2, 0) is 24.8 Å². The molecule has 0 saturated carbocycles. The van der Waals surface area contributed by atoms with Crippen molar-refractivity contribution in [2.45, 2.75) is 19.1 Å². The third-order valence-corrected chi connectivity index (χ3v) is 4.31. The predicted octanol–water partition coefficient (Wildman–Crippen LogP) is 0.720. The fourth-order valence-corrected chi connectivity index (χ4v) is 3.08. The fraction of sp³-hybridized carbons (Fsp3) is 0.316. The first kappa shape index (κ1) is 18.8. The van der Waals surface area contributed by atoms with Gasteiger partial charge in [0.2, 0.25) is 11.6 Å². The Kier molecular flexibility index (Phi) is 5.38. The van der Waals surface area contributed by atoms with Crippen LogP contribution in [0.25, 0.3) is 11.1 Å². The van der Waals surface area contributed by atoms with Crippen LogP contribution in [0.15, 0.2) is 46.0 Å². The number of carbonyl (C=O) groups excluding carboxylic acids is 1. The predicted molar refractivity (Wildman–Crippen MR) is 99.9 cm³/mol. The van der Waals surface area contributed by atoms with E-state index in [2.05, 4.69) is 4.98 Å². The standard InChI is InChI=1S/C19H22N4O4/c1-22(11-16(24)12-4-3-5-21-8-12)10-14-7-15-18(26)13(6-17(20)25)9-23(2)19(15)27-14/h3-5,7-9,16,24H,6,10-11H2,1-2H3,(H2,20,25). The molecule has 3 aromatic heterocycles. The maximum absolute atomic E-state index is 12.5.